The minimum absolute atomic E-state index is 0.0595. The van der Waals surface area contributed by atoms with E-state index in [2.05, 4.69) is 15.6 Å². The van der Waals surface area contributed by atoms with E-state index >= 15 is 0 Å². The predicted octanol–water partition coefficient (Wildman–Crippen LogP) is 1.85. The molecule has 0 spiro atoms. The highest BCUT2D eigenvalue weighted by atomic mass is 32.2. The van der Waals surface area contributed by atoms with Gasteiger partial charge in [-0.2, -0.15) is 0 Å². The summed E-state index contributed by atoms with van der Waals surface area (Å²) < 4.78 is 37.2. The summed E-state index contributed by atoms with van der Waals surface area (Å²) in [7, 11) is -1.09. The molecule has 0 radical (unpaired) electrons. The summed E-state index contributed by atoms with van der Waals surface area (Å²) in [5, 5.41) is 0. The number of hydrogen-bond donors (Lipinski definition) is 3. The van der Waals surface area contributed by atoms with Gasteiger partial charge >= 0.3 is 0 Å². The third kappa shape index (κ3) is 6.32. The maximum absolute atomic E-state index is 12.2. The molecule has 172 valence electrons. The van der Waals surface area contributed by atoms with Crippen molar-refractivity contribution in [1.82, 2.24) is 15.6 Å². The lowest BCUT2D eigenvalue weighted by Crippen LogP contribution is -2.46. The molecule has 3 N–H and O–H groups in total. The van der Waals surface area contributed by atoms with Gasteiger partial charge in [0.1, 0.15) is 16.4 Å². The summed E-state index contributed by atoms with van der Waals surface area (Å²) in [4.78, 5) is 24.2. The van der Waals surface area contributed by atoms with Crippen LogP contribution >= 0.6 is 0 Å². The quantitative estimate of drug-likeness (QED) is 0.407. The average molecular weight is 462 g/mol. The number of hydrazine groups is 1. The molecule has 0 aliphatic rings. The number of hydrogen-bond acceptors (Lipinski definition) is 6. The second-order valence-electron chi connectivity index (χ2n) is 6.89. The lowest BCUT2D eigenvalue weighted by Gasteiger charge is -2.17. The van der Waals surface area contributed by atoms with Gasteiger partial charge in [0, 0.05) is 6.08 Å². The Bertz CT molecular complexity index is 1130. The molecule has 1 unspecified atom stereocenters. The molecular weight excluding hydrogens is 434 g/mol. The van der Waals surface area contributed by atoms with E-state index < -0.39 is 27.9 Å². The minimum atomic E-state index is -3.75. The van der Waals surface area contributed by atoms with Gasteiger partial charge in [-0.25, -0.2) is 13.1 Å². The Morgan fingerprint density at radius 1 is 1.06 bits per heavy atom. The number of methoxy groups -OCH3 is 1. The standard InChI is InChI=1S/C22H27N3O6S/c1-14-7-6-8-18(15(14)2)31-16(3)22(27)25-24-21(26)12-10-17-9-11-19(30-5)20(13-17)32(28,29)23-4/h6-13,16,23H,1-5H3,(H,24,26)(H,25,27)/b12-10+. The van der Waals surface area contributed by atoms with E-state index in [0.29, 0.717) is 11.3 Å². The molecule has 9 nitrogen and oxygen atoms in total. The summed E-state index contributed by atoms with van der Waals surface area (Å²) in [6.45, 7) is 5.41. The number of benzene rings is 2. The molecule has 0 saturated heterocycles. The fourth-order valence-electron chi connectivity index (χ4n) is 2.65. The number of carbonyl (C=O) groups is 2. The van der Waals surface area contributed by atoms with Gasteiger partial charge in [-0.3, -0.25) is 20.4 Å². The summed E-state index contributed by atoms with van der Waals surface area (Å²) in [5.74, 6) is -0.373. The van der Waals surface area contributed by atoms with Crippen LogP contribution in [0.1, 0.15) is 23.6 Å². The van der Waals surface area contributed by atoms with Gasteiger partial charge in [0.2, 0.25) is 10.0 Å². The average Bonchev–Trinajstić information content (AvgIpc) is 2.78. The molecule has 2 aromatic rings. The van der Waals surface area contributed by atoms with E-state index in [4.69, 9.17) is 9.47 Å². The number of carbonyl (C=O) groups excluding carboxylic acids is 2. The van der Waals surface area contributed by atoms with Crippen LogP contribution in [0.4, 0.5) is 0 Å². The smallest absolute Gasteiger partial charge is 0.279 e. The molecule has 0 bridgehead atoms. The first kappa shape index (κ1) is 24.9. The fraction of sp³-hybridized carbons (Fsp3) is 0.273. The van der Waals surface area contributed by atoms with E-state index in [1.807, 2.05) is 26.0 Å². The maximum Gasteiger partial charge on any atom is 0.279 e. The van der Waals surface area contributed by atoms with E-state index in [1.54, 1.807) is 19.1 Å². The second-order valence-corrected chi connectivity index (χ2v) is 8.74. The van der Waals surface area contributed by atoms with Crippen LogP contribution in [0.5, 0.6) is 11.5 Å². The van der Waals surface area contributed by atoms with Gasteiger partial charge in [-0.05, 0) is 68.8 Å². The van der Waals surface area contributed by atoms with Crippen LogP contribution in [-0.2, 0) is 19.6 Å². The molecule has 0 aromatic heterocycles. The molecular formula is C22H27N3O6S. The summed E-state index contributed by atoms with van der Waals surface area (Å²) >= 11 is 0. The van der Waals surface area contributed by atoms with Crippen LogP contribution in [0, 0.1) is 13.8 Å². The Kier molecular flexibility index (Phi) is 8.39. The third-order valence-corrected chi connectivity index (χ3v) is 6.15. The first-order valence-electron chi connectivity index (χ1n) is 9.71. The van der Waals surface area contributed by atoms with E-state index in [1.165, 1.54) is 32.4 Å². The van der Waals surface area contributed by atoms with Gasteiger partial charge in [0.15, 0.2) is 6.10 Å². The van der Waals surface area contributed by atoms with E-state index in [-0.39, 0.29) is 10.6 Å². The second kappa shape index (κ2) is 10.8. The Balaban J connectivity index is 1.98. The number of amides is 2. The highest BCUT2D eigenvalue weighted by Gasteiger charge is 2.18. The topological polar surface area (TPSA) is 123 Å². The van der Waals surface area contributed by atoms with Crippen molar-refractivity contribution < 1.29 is 27.5 Å². The molecule has 2 amide bonds. The summed E-state index contributed by atoms with van der Waals surface area (Å²) in [6, 6.07) is 9.99. The zero-order valence-electron chi connectivity index (χ0n) is 18.6. The number of ether oxygens (including phenoxy) is 2. The molecule has 0 saturated carbocycles. The van der Waals surface area contributed by atoms with Gasteiger partial charge in [-0.1, -0.05) is 18.2 Å². The zero-order valence-corrected chi connectivity index (χ0v) is 19.4. The van der Waals surface area contributed by atoms with Crippen molar-refractivity contribution >= 4 is 27.9 Å². The first-order valence-corrected chi connectivity index (χ1v) is 11.2. The molecule has 1 atom stereocenters. The number of rotatable bonds is 8. The lowest BCUT2D eigenvalue weighted by atomic mass is 10.1. The Hall–Kier alpha value is -3.37. The Labute approximate surface area is 187 Å². The normalized spacial score (nSPS) is 12.3. The van der Waals surface area contributed by atoms with Crippen LogP contribution < -0.4 is 25.0 Å². The molecule has 2 rings (SSSR count). The van der Waals surface area contributed by atoms with Gasteiger partial charge in [0.05, 0.1) is 7.11 Å². The largest absolute Gasteiger partial charge is 0.495 e. The van der Waals surface area contributed by atoms with Gasteiger partial charge in [-0.15, -0.1) is 0 Å². The van der Waals surface area contributed by atoms with E-state index in [9.17, 15) is 18.0 Å². The fourth-order valence-corrected chi connectivity index (χ4v) is 3.58. The predicted molar refractivity (Wildman–Crippen MR) is 121 cm³/mol. The molecule has 2 aromatic carbocycles. The summed E-state index contributed by atoms with van der Waals surface area (Å²) in [6.07, 6.45) is 1.73. The number of nitrogens with one attached hydrogen (secondary N) is 3. The third-order valence-electron chi connectivity index (χ3n) is 4.71. The molecule has 10 heteroatoms. The van der Waals surface area contributed by atoms with Crippen molar-refractivity contribution in [1.29, 1.82) is 0 Å². The van der Waals surface area contributed by atoms with Gasteiger partial charge in [0.25, 0.3) is 11.8 Å². The SMILES string of the molecule is CNS(=O)(=O)c1cc(/C=C/C(=O)NNC(=O)C(C)Oc2cccc(C)c2C)ccc1OC. The summed E-state index contributed by atoms with van der Waals surface area (Å²) in [5.41, 5.74) is 6.98. The maximum atomic E-state index is 12.2. The van der Waals surface area contributed by atoms with Crippen molar-refractivity contribution in [3.8, 4) is 11.5 Å². The van der Waals surface area contributed by atoms with Crippen molar-refractivity contribution in [2.75, 3.05) is 14.2 Å². The minimum Gasteiger partial charge on any atom is -0.495 e. The van der Waals surface area contributed by atoms with Crippen molar-refractivity contribution in [3.05, 3.63) is 59.2 Å². The highest BCUT2D eigenvalue weighted by molar-refractivity contribution is 7.89. The number of sulfonamides is 1. The lowest BCUT2D eigenvalue weighted by molar-refractivity contribution is -0.131. The van der Waals surface area contributed by atoms with Crippen LogP contribution in [0.3, 0.4) is 0 Å². The van der Waals surface area contributed by atoms with Crippen LogP contribution in [0.2, 0.25) is 0 Å². The molecule has 0 aliphatic carbocycles. The highest BCUT2D eigenvalue weighted by Crippen LogP contribution is 2.25. The first-order chi connectivity index (χ1) is 15.1. The van der Waals surface area contributed by atoms with Crippen molar-refractivity contribution in [2.24, 2.45) is 0 Å². The Morgan fingerprint density at radius 2 is 1.78 bits per heavy atom. The van der Waals surface area contributed by atoms with Gasteiger partial charge < -0.3 is 9.47 Å². The van der Waals surface area contributed by atoms with Crippen LogP contribution in [0.25, 0.3) is 6.08 Å². The van der Waals surface area contributed by atoms with E-state index in [0.717, 1.165) is 17.2 Å². The van der Waals surface area contributed by atoms with Crippen LogP contribution in [0.15, 0.2) is 47.4 Å². The number of aryl methyl sites for hydroxylation is 1. The molecule has 0 fully saturated rings. The van der Waals surface area contributed by atoms with Crippen molar-refractivity contribution in [2.45, 2.75) is 31.8 Å². The van der Waals surface area contributed by atoms with Crippen LogP contribution in [-0.4, -0.2) is 40.5 Å². The Morgan fingerprint density at radius 3 is 2.44 bits per heavy atom. The molecule has 32 heavy (non-hydrogen) atoms. The van der Waals surface area contributed by atoms with Crippen molar-refractivity contribution in [3.63, 3.8) is 0 Å². The molecule has 0 heterocycles. The molecule has 0 aliphatic heterocycles. The zero-order chi connectivity index (χ0) is 23.9. The monoisotopic (exact) mass is 461 g/mol.